The second-order valence-electron chi connectivity index (χ2n) is 3.48. The van der Waals surface area contributed by atoms with E-state index in [1.807, 2.05) is 24.2 Å². The van der Waals surface area contributed by atoms with Crippen LogP contribution in [0.4, 0.5) is 0 Å². The lowest BCUT2D eigenvalue weighted by molar-refractivity contribution is -0.708. The lowest BCUT2D eigenvalue weighted by Gasteiger charge is -2.06. The number of thioether (sulfide) groups is 1. The molecular formula is C9H16N3S+. The molecule has 0 aliphatic carbocycles. The standard InChI is InChI=1S/C9H15N3S/c1-12-6-5-11-9(12)13-7-8-3-2-4-10-8/h5-6,8,10H,2-4,7H2,1H3/p+1/t8-/m0/s1. The molecular weight excluding hydrogens is 182 g/mol. The highest BCUT2D eigenvalue weighted by atomic mass is 32.2. The van der Waals surface area contributed by atoms with Crippen LogP contribution in [0.2, 0.25) is 0 Å². The molecule has 1 aliphatic heterocycles. The number of H-pyrrole nitrogens is 1. The number of nitrogens with one attached hydrogen (secondary N) is 2. The Morgan fingerprint density at radius 1 is 1.69 bits per heavy atom. The minimum atomic E-state index is 0.716. The molecule has 1 saturated heterocycles. The zero-order valence-corrected chi connectivity index (χ0v) is 8.73. The molecule has 1 aromatic heterocycles. The number of aromatic nitrogens is 2. The summed E-state index contributed by atoms with van der Waals surface area (Å²) in [6.45, 7) is 1.20. The molecule has 2 N–H and O–H groups in total. The van der Waals surface area contributed by atoms with Gasteiger partial charge in [0.05, 0.1) is 7.05 Å². The van der Waals surface area contributed by atoms with Crippen molar-refractivity contribution in [3.8, 4) is 0 Å². The summed E-state index contributed by atoms with van der Waals surface area (Å²) in [6.07, 6.45) is 6.69. The molecule has 2 heterocycles. The summed E-state index contributed by atoms with van der Waals surface area (Å²) in [7, 11) is 2.07. The van der Waals surface area contributed by atoms with E-state index in [0.29, 0.717) is 6.04 Å². The van der Waals surface area contributed by atoms with Crippen molar-refractivity contribution in [3.05, 3.63) is 12.4 Å². The quantitative estimate of drug-likeness (QED) is 0.553. The predicted molar refractivity (Wildman–Crippen MR) is 53.7 cm³/mol. The predicted octanol–water partition coefficient (Wildman–Crippen LogP) is 0.683. The van der Waals surface area contributed by atoms with E-state index in [-0.39, 0.29) is 0 Å². The molecule has 2 rings (SSSR count). The van der Waals surface area contributed by atoms with Gasteiger partial charge in [0, 0.05) is 11.8 Å². The van der Waals surface area contributed by atoms with Gasteiger partial charge in [0.15, 0.2) is 0 Å². The SMILES string of the molecule is C[n+]1cc[nH]c1SC[C@@H]1CCCN1. The van der Waals surface area contributed by atoms with Crippen LogP contribution in [0.5, 0.6) is 0 Å². The van der Waals surface area contributed by atoms with Crippen LogP contribution in [0, 0.1) is 0 Å². The first-order chi connectivity index (χ1) is 6.36. The number of rotatable bonds is 3. The average molecular weight is 198 g/mol. The molecule has 3 nitrogen and oxygen atoms in total. The van der Waals surface area contributed by atoms with Crippen LogP contribution in [0.25, 0.3) is 0 Å². The largest absolute Gasteiger partial charge is 0.315 e. The highest BCUT2D eigenvalue weighted by Crippen LogP contribution is 2.16. The number of aromatic amines is 1. The van der Waals surface area contributed by atoms with Gasteiger partial charge in [-0.15, -0.1) is 0 Å². The summed E-state index contributed by atoms with van der Waals surface area (Å²) in [5.74, 6) is 1.17. The van der Waals surface area contributed by atoms with Crippen molar-refractivity contribution in [2.24, 2.45) is 7.05 Å². The zero-order valence-electron chi connectivity index (χ0n) is 7.92. The summed E-state index contributed by atoms with van der Waals surface area (Å²) in [5.41, 5.74) is 0. The number of hydrogen-bond acceptors (Lipinski definition) is 2. The number of hydrogen-bond donors (Lipinski definition) is 2. The van der Waals surface area contributed by atoms with Crippen LogP contribution in [-0.2, 0) is 7.05 Å². The van der Waals surface area contributed by atoms with E-state index in [1.54, 1.807) is 0 Å². The van der Waals surface area contributed by atoms with Gasteiger partial charge < -0.3 is 5.32 Å². The van der Waals surface area contributed by atoms with Crippen molar-refractivity contribution in [2.45, 2.75) is 24.0 Å². The lowest BCUT2D eigenvalue weighted by Crippen LogP contribution is -2.29. The second kappa shape index (κ2) is 4.15. The van der Waals surface area contributed by atoms with Gasteiger partial charge in [-0.05, 0) is 31.1 Å². The van der Waals surface area contributed by atoms with E-state index in [1.165, 1.54) is 30.3 Å². The smallest absolute Gasteiger partial charge is 0.313 e. The molecule has 1 atom stereocenters. The normalized spacial score (nSPS) is 22.4. The highest BCUT2D eigenvalue weighted by Gasteiger charge is 2.16. The third-order valence-electron chi connectivity index (χ3n) is 2.41. The third kappa shape index (κ3) is 2.25. The molecule has 13 heavy (non-hydrogen) atoms. The molecule has 0 saturated carbocycles. The fourth-order valence-corrected chi connectivity index (χ4v) is 2.67. The van der Waals surface area contributed by atoms with Crippen molar-refractivity contribution >= 4 is 11.8 Å². The fraction of sp³-hybridized carbons (Fsp3) is 0.667. The van der Waals surface area contributed by atoms with Crippen LogP contribution in [-0.4, -0.2) is 23.3 Å². The first-order valence-corrected chi connectivity index (χ1v) is 5.74. The Morgan fingerprint density at radius 2 is 2.62 bits per heavy atom. The van der Waals surface area contributed by atoms with Crippen molar-refractivity contribution in [3.63, 3.8) is 0 Å². The van der Waals surface area contributed by atoms with Crippen LogP contribution < -0.4 is 9.88 Å². The summed E-state index contributed by atoms with van der Waals surface area (Å²) in [4.78, 5) is 3.23. The lowest BCUT2D eigenvalue weighted by atomic mass is 10.3. The molecule has 1 fully saturated rings. The van der Waals surface area contributed by atoms with Crippen LogP contribution in [0.1, 0.15) is 12.8 Å². The number of nitrogens with zero attached hydrogens (tertiary/aromatic N) is 1. The van der Waals surface area contributed by atoms with Crippen LogP contribution in [0.3, 0.4) is 0 Å². The molecule has 0 unspecified atom stereocenters. The Bertz CT molecular complexity index is 266. The summed E-state index contributed by atoms with van der Waals surface area (Å²) >= 11 is 1.90. The Kier molecular flexibility index (Phi) is 2.90. The Balaban J connectivity index is 1.82. The molecule has 0 aromatic carbocycles. The number of imidazole rings is 1. The van der Waals surface area contributed by atoms with E-state index in [2.05, 4.69) is 21.9 Å². The summed E-state index contributed by atoms with van der Waals surface area (Å²) in [6, 6.07) is 0.716. The van der Waals surface area contributed by atoms with E-state index in [0.717, 1.165) is 0 Å². The molecule has 1 aromatic rings. The van der Waals surface area contributed by atoms with Gasteiger partial charge in [-0.1, -0.05) is 0 Å². The zero-order chi connectivity index (χ0) is 9.10. The molecule has 4 heteroatoms. The van der Waals surface area contributed by atoms with Gasteiger partial charge in [-0.2, -0.15) is 0 Å². The first kappa shape index (κ1) is 9.09. The maximum Gasteiger partial charge on any atom is 0.315 e. The average Bonchev–Trinajstić information content (AvgIpc) is 2.72. The maximum atomic E-state index is 3.49. The molecule has 72 valence electrons. The summed E-state index contributed by atoms with van der Waals surface area (Å²) < 4.78 is 2.12. The first-order valence-electron chi connectivity index (χ1n) is 4.75. The van der Waals surface area contributed by atoms with Crippen LogP contribution >= 0.6 is 11.8 Å². The fourth-order valence-electron chi connectivity index (χ4n) is 1.61. The van der Waals surface area contributed by atoms with Crippen molar-refractivity contribution in [2.75, 3.05) is 12.3 Å². The molecule has 0 bridgehead atoms. The van der Waals surface area contributed by atoms with E-state index < -0.39 is 0 Å². The van der Waals surface area contributed by atoms with Gasteiger partial charge in [-0.25, -0.2) is 9.55 Å². The topological polar surface area (TPSA) is 31.7 Å². The van der Waals surface area contributed by atoms with Crippen LogP contribution in [0.15, 0.2) is 17.6 Å². The Hall–Kier alpha value is -0.480. The third-order valence-corrected chi connectivity index (χ3v) is 3.66. The van der Waals surface area contributed by atoms with Crippen molar-refractivity contribution in [1.82, 2.24) is 10.3 Å². The Labute approximate surface area is 82.9 Å². The van der Waals surface area contributed by atoms with E-state index >= 15 is 0 Å². The van der Waals surface area contributed by atoms with Crippen molar-refractivity contribution < 1.29 is 4.57 Å². The monoisotopic (exact) mass is 198 g/mol. The maximum absolute atomic E-state index is 3.49. The van der Waals surface area contributed by atoms with Gasteiger partial charge in [0.25, 0.3) is 0 Å². The van der Waals surface area contributed by atoms with Gasteiger partial charge in [-0.3, -0.25) is 0 Å². The van der Waals surface area contributed by atoms with Gasteiger partial charge in [0.2, 0.25) is 0 Å². The molecule has 1 aliphatic rings. The second-order valence-corrected chi connectivity index (χ2v) is 4.49. The van der Waals surface area contributed by atoms with E-state index in [4.69, 9.17) is 0 Å². The van der Waals surface area contributed by atoms with Crippen molar-refractivity contribution in [1.29, 1.82) is 0 Å². The number of aryl methyl sites for hydroxylation is 1. The highest BCUT2D eigenvalue weighted by molar-refractivity contribution is 7.99. The summed E-state index contributed by atoms with van der Waals surface area (Å²) in [5, 5.41) is 4.74. The van der Waals surface area contributed by atoms with E-state index in [9.17, 15) is 0 Å². The minimum absolute atomic E-state index is 0.716. The van der Waals surface area contributed by atoms with Gasteiger partial charge in [0.1, 0.15) is 12.4 Å². The molecule has 0 radical (unpaired) electrons. The van der Waals surface area contributed by atoms with Gasteiger partial charge >= 0.3 is 5.16 Å². The molecule has 0 spiro atoms. The Morgan fingerprint density at radius 3 is 3.23 bits per heavy atom. The minimum Gasteiger partial charge on any atom is -0.313 e. The molecule has 0 amide bonds.